The Bertz CT molecular complexity index is 371. The molecule has 0 heterocycles. The lowest BCUT2D eigenvalue weighted by Gasteiger charge is -2.51. The van der Waals surface area contributed by atoms with E-state index in [0.717, 1.165) is 0 Å². The highest BCUT2D eigenvalue weighted by atomic mass is 32.6. The van der Waals surface area contributed by atoms with Crippen molar-refractivity contribution in [2.24, 2.45) is 0 Å². The van der Waals surface area contributed by atoms with E-state index in [2.05, 4.69) is 11.8 Å². The van der Waals surface area contributed by atoms with Gasteiger partial charge in [0.25, 0.3) is 6.72 Å². The fraction of sp³-hybridized carbons (Fsp3) is 1.00. The molecule has 0 saturated heterocycles. The number of rotatable bonds is 6. The molecule has 4 N–H and O–H groups in total. The van der Waals surface area contributed by atoms with Crippen LogP contribution in [0, 0.1) is 0 Å². The number of hydrogen-bond donors (Lipinski definition) is 4. The monoisotopic (exact) mass is 326 g/mol. The maximum absolute atomic E-state index is 10.3. The third kappa shape index (κ3) is 3.22. The maximum Gasteiger partial charge on any atom is 0.328 e. The summed E-state index contributed by atoms with van der Waals surface area (Å²) in [7, 11) is -2.64. The van der Waals surface area contributed by atoms with Gasteiger partial charge in [-0.2, -0.15) is 8.34 Å². The molecule has 0 aliphatic carbocycles. The Balaban J connectivity index is 6.31. The van der Waals surface area contributed by atoms with Gasteiger partial charge >= 0.3 is 6.72 Å². The minimum atomic E-state index is -4.07. The highest BCUT2D eigenvalue weighted by molar-refractivity contribution is 8.51. The van der Waals surface area contributed by atoms with Crippen molar-refractivity contribution >= 4 is 33.6 Å². The summed E-state index contributed by atoms with van der Waals surface area (Å²) in [6, 6.07) is 0. The van der Waals surface area contributed by atoms with E-state index in [1.807, 2.05) is 27.7 Å². The van der Waals surface area contributed by atoms with Gasteiger partial charge in [0.05, 0.1) is 0 Å². The second kappa shape index (κ2) is 5.70. The van der Waals surface area contributed by atoms with Gasteiger partial charge in [-0.25, -0.2) is 4.31 Å². The van der Waals surface area contributed by atoms with Gasteiger partial charge in [-0.3, -0.25) is 0 Å². The van der Waals surface area contributed by atoms with Crippen LogP contribution in [0.3, 0.4) is 0 Å². The molecule has 0 amide bonds. The maximum atomic E-state index is 10.3. The normalized spacial score (nSPS) is 16.6. The third-order valence-electron chi connectivity index (χ3n) is 3.85. The highest BCUT2D eigenvalue weighted by Crippen LogP contribution is 2.66. The largest absolute Gasteiger partial charge is 0.329 e. The first kappa shape index (κ1) is 18.2. The Morgan fingerprint density at radius 3 is 1.35 bits per heavy atom. The molecule has 0 rings (SSSR count). The van der Waals surface area contributed by atoms with Crippen LogP contribution in [0.25, 0.3) is 0 Å². The van der Waals surface area contributed by atoms with E-state index in [1.165, 1.54) is 0 Å². The fourth-order valence-corrected chi connectivity index (χ4v) is 15.6. The van der Waals surface area contributed by atoms with Crippen molar-refractivity contribution in [2.75, 3.05) is 23.0 Å². The second-order valence-corrected chi connectivity index (χ2v) is 18.3. The highest BCUT2D eigenvalue weighted by Gasteiger charge is 2.41. The SMILES string of the molecule is CCS(CC)(CC)(CC)=P(O)(O)OP(O)(O)=S. The van der Waals surface area contributed by atoms with Gasteiger partial charge in [-0.1, -0.05) is 27.7 Å². The Morgan fingerprint density at radius 1 is 0.882 bits per heavy atom. The van der Waals surface area contributed by atoms with Crippen molar-refractivity contribution in [3.63, 3.8) is 0 Å². The summed E-state index contributed by atoms with van der Waals surface area (Å²) in [5, 5.41) is 0. The summed E-state index contributed by atoms with van der Waals surface area (Å²) in [5.41, 5.74) is 0. The molecule has 5 nitrogen and oxygen atoms in total. The van der Waals surface area contributed by atoms with Crippen LogP contribution in [0.1, 0.15) is 27.7 Å². The molecule has 17 heavy (non-hydrogen) atoms. The van der Waals surface area contributed by atoms with E-state index >= 15 is 0 Å². The van der Waals surface area contributed by atoms with Gasteiger partial charge < -0.3 is 19.6 Å². The van der Waals surface area contributed by atoms with Crippen LogP contribution in [0.2, 0.25) is 0 Å². The van der Waals surface area contributed by atoms with Crippen molar-refractivity contribution in [3.8, 4) is 0 Å². The van der Waals surface area contributed by atoms with Gasteiger partial charge in [0.15, 0.2) is 0 Å². The Labute approximate surface area is 108 Å². The zero-order chi connectivity index (χ0) is 14.0. The summed E-state index contributed by atoms with van der Waals surface area (Å²) in [5.74, 6) is 2.32. The van der Waals surface area contributed by atoms with E-state index in [9.17, 15) is 19.6 Å². The van der Waals surface area contributed by atoms with Crippen LogP contribution >= 0.6 is 13.4 Å². The molecule has 9 heteroatoms. The first-order chi connectivity index (χ1) is 7.52. The standard InChI is InChI=1S/C8H24O5P2S2/c1-5-17(6-2,7-3,8-4)15(11,12)13-14(9,10)16/h11-12H,5-8H2,1-4H3,(H2,9,10,16). The summed E-state index contributed by atoms with van der Waals surface area (Å²) < 4.78 is 4.77. The Morgan fingerprint density at radius 2 is 1.18 bits per heavy atom. The van der Waals surface area contributed by atoms with E-state index in [-0.39, 0.29) is 0 Å². The van der Waals surface area contributed by atoms with Gasteiger partial charge in [0.1, 0.15) is 0 Å². The van der Waals surface area contributed by atoms with Crippen LogP contribution in [0.5, 0.6) is 0 Å². The number of hydrogen-bond acceptors (Lipinski definition) is 2. The second-order valence-electron chi connectivity index (χ2n) is 3.96. The third-order valence-corrected chi connectivity index (χ3v) is 21.2. The molecule has 108 valence electrons. The quantitative estimate of drug-likeness (QED) is 0.555. The molecule has 0 fully saturated rings. The first-order valence-corrected chi connectivity index (χ1v) is 13.1. The molecular formula is C8H24O5P2S2. The van der Waals surface area contributed by atoms with Crippen molar-refractivity contribution in [1.82, 2.24) is 0 Å². The van der Waals surface area contributed by atoms with E-state index in [0.29, 0.717) is 23.0 Å². The van der Waals surface area contributed by atoms with Gasteiger partial charge in [0, 0.05) is 0 Å². The molecular weight excluding hydrogens is 302 g/mol. The topological polar surface area (TPSA) is 90.2 Å². The predicted octanol–water partition coefficient (Wildman–Crippen LogP) is 1.64. The molecule has 0 bridgehead atoms. The molecule has 0 aromatic rings. The first-order valence-electron chi connectivity index (χ1n) is 5.51. The molecule has 0 radical (unpaired) electrons. The van der Waals surface area contributed by atoms with E-state index < -0.39 is 21.8 Å². The summed E-state index contributed by atoms with van der Waals surface area (Å²) in [6.45, 7) is -0.392. The molecule has 0 saturated carbocycles. The molecule has 0 unspecified atom stereocenters. The molecule has 0 aromatic heterocycles. The van der Waals surface area contributed by atoms with Crippen LogP contribution in [-0.2, 0) is 24.5 Å². The minimum absolute atomic E-state index is 0.580. The van der Waals surface area contributed by atoms with Crippen LogP contribution in [0.4, 0.5) is 0 Å². The Kier molecular flexibility index (Phi) is 6.11. The van der Waals surface area contributed by atoms with Crippen molar-refractivity contribution < 1.29 is 23.9 Å². The predicted molar refractivity (Wildman–Crippen MR) is 80.7 cm³/mol. The zero-order valence-corrected chi connectivity index (χ0v) is 14.2. The summed E-state index contributed by atoms with van der Waals surface area (Å²) >= 11 is 4.37. The van der Waals surface area contributed by atoms with Crippen molar-refractivity contribution in [3.05, 3.63) is 0 Å². The average molecular weight is 326 g/mol. The van der Waals surface area contributed by atoms with Crippen molar-refractivity contribution in [2.45, 2.75) is 27.7 Å². The lowest BCUT2D eigenvalue weighted by molar-refractivity contribution is 0.317. The van der Waals surface area contributed by atoms with Gasteiger partial charge in [-0.05, 0) is 34.8 Å². The minimum Gasteiger partial charge on any atom is -0.329 e. The van der Waals surface area contributed by atoms with Gasteiger partial charge in [-0.15, -0.1) is 0 Å². The molecule has 0 aliphatic rings. The lowest BCUT2D eigenvalue weighted by atomic mass is 10.9. The summed E-state index contributed by atoms with van der Waals surface area (Å²) in [4.78, 5) is 39.1. The van der Waals surface area contributed by atoms with Crippen LogP contribution < -0.4 is 0 Å². The van der Waals surface area contributed by atoms with E-state index in [4.69, 9.17) is 4.31 Å². The zero-order valence-electron chi connectivity index (χ0n) is 10.7. The molecule has 0 aromatic carbocycles. The van der Waals surface area contributed by atoms with Crippen LogP contribution in [0.15, 0.2) is 0 Å². The average Bonchev–Trinajstić information content (AvgIpc) is 2.19. The van der Waals surface area contributed by atoms with Crippen LogP contribution in [-0.4, -0.2) is 42.6 Å². The smallest absolute Gasteiger partial charge is 0.328 e. The molecule has 0 spiro atoms. The van der Waals surface area contributed by atoms with Crippen molar-refractivity contribution in [1.29, 1.82) is 0 Å². The lowest BCUT2D eigenvalue weighted by Crippen LogP contribution is -2.44. The Hall–Kier alpha value is 1.23. The van der Waals surface area contributed by atoms with Gasteiger partial charge in [0.2, 0.25) is 0 Å². The molecule has 0 atom stereocenters. The summed E-state index contributed by atoms with van der Waals surface area (Å²) in [6.07, 6.45) is 0. The van der Waals surface area contributed by atoms with E-state index in [1.54, 1.807) is 0 Å². The molecule has 0 aliphatic heterocycles. The fourth-order valence-electron chi connectivity index (χ4n) is 2.13.